The third-order valence-electron chi connectivity index (χ3n) is 17.4. The molecule has 0 aromatic heterocycles. The summed E-state index contributed by atoms with van der Waals surface area (Å²) in [7, 11) is 0. The van der Waals surface area contributed by atoms with Crippen molar-refractivity contribution in [2.75, 3.05) is 13.2 Å². The zero-order valence-corrected chi connectivity index (χ0v) is 42.6. The fourth-order valence-electron chi connectivity index (χ4n) is 13.7. The van der Waals surface area contributed by atoms with Gasteiger partial charge in [-0.05, 0) is 107 Å². The van der Waals surface area contributed by atoms with Gasteiger partial charge in [0.05, 0.1) is 30.9 Å². The molecule has 12 atom stereocenters. The Morgan fingerprint density at radius 2 is 1.58 bits per heavy atom. The van der Waals surface area contributed by atoms with Crippen molar-refractivity contribution in [3.8, 4) is 0 Å². The Balaban J connectivity index is 0.899. The van der Waals surface area contributed by atoms with Gasteiger partial charge < -0.3 is 39.0 Å². The molecule has 2 N–H and O–H groups in total. The van der Waals surface area contributed by atoms with Crippen molar-refractivity contribution < 1.29 is 52.8 Å². The third kappa shape index (κ3) is 8.71. The highest BCUT2D eigenvalue weighted by molar-refractivity contribution is 5.96. The molecule has 14 heteroatoms. The maximum atomic E-state index is 15.9. The van der Waals surface area contributed by atoms with E-state index in [4.69, 9.17) is 28.5 Å². The Labute approximate surface area is 423 Å². The third-order valence-corrected chi connectivity index (χ3v) is 17.4. The van der Waals surface area contributed by atoms with E-state index in [2.05, 4.69) is 56.4 Å². The van der Waals surface area contributed by atoms with Crippen LogP contribution < -0.4 is 5.32 Å². The number of esters is 2. The van der Waals surface area contributed by atoms with Gasteiger partial charge in [-0.25, -0.2) is 0 Å². The Morgan fingerprint density at radius 1 is 0.889 bits per heavy atom. The number of benzene rings is 3. The number of aliphatic hydroxyl groups excluding tert-OH is 1. The van der Waals surface area contributed by atoms with Crippen LogP contribution in [-0.4, -0.2) is 112 Å². The monoisotopic (exact) mass is 986 g/mol. The normalized spacial score (nSPS) is 35.0. The van der Waals surface area contributed by atoms with Gasteiger partial charge >= 0.3 is 11.9 Å². The fourth-order valence-corrected chi connectivity index (χ4v) is 13.7. The number of hydrogen-bond donors (Lipinski definition) is 2. The number of ether oxygens (including phenoxy) is 5. The zero-order valence-electron chi connectivity index (χ0n) is 42.6. The molecule has 0 spiro atoms. The first-order valence-electron chi connectivity index (χ1n) is 26.4. The largest absolute Gasteiger partial charge is 0.460 e. The van der Waals surface area contributed by atoms with Crippen molar-refractivity contribution in [1.82, 2.24) is 15.3 Å². The Morgan fingerprint density at radius 3 is 2.25 bits per heavy atom. The van der Waals surface area contributed by atoms with Crippen LogP contribution in [0.1, 0.15) is 128 Å². The number of carbonyl (C=O) groups excluding carboxylic acids is 4. The smallest absolute Gasteiger partial charge is 0.327 e. The number of hydroxylamine groups is 2. The average Bonchev–Trinajstić information content (AvgIpc) is 3.76. The first-order chi connectivity index (χ1) is 34.4. The summed E-state index contributed by atoms with van der Waals surface area (Å²) < 4.78 is 32.4. The lowest BCUT2D eigenvalue weighted by molar-refractivity contribution is -0.214. The van der Waals surface area contributed by atoms with Crippen LogP contribution >= 0.6 is 0 Å². The number of amides is 2. The topological polar surface area (TPSA) is 166 Å². The van der Waals surface area contributed by atoms with Crippen molar-refractivity contribution in [3.63, 3.8) is 0 Å². The first-order valence-corrected chi connectivity index (χ1v) is 26.4. The van der Waals surface area contributed by atoms with Gasteiger partial charge in [-0.3, -0.25) is 24.0 Å². The molecule has 3 aromatic carbocycles. The molecule has 384 valence electrons. The molecule has 11 rings (SSSR count). The molecule has 1 unspecified atom stereocenters. The lowest BCUT2D eigenvalue weighted by Gasteiger charge is -2.53. The van der Waals surface area contributed by atoms with E-state index in [1.807, 2.05) is 60.7 Å². The number of epoxide rings is 1. The molecule has 2 amide bonds. The van der Waals surface area contributed by atoms with Crippen LogP contribution in [0.15, 0.2) is 90.5 Å². The average molecular weight is 986 g/mol. The minimum Gasteiger partial charge on any atom is -0.460 e. The van der Waals surface area contributed by atoms with E-state index in [-0.39, 0.29) is 43.9 Å². The minimum atomic E-state index is -1.53. The Bertz CT molecular complexity index is 2540. The minimum absolute atomic E-state index is 0.00701. The van der Waals surface area contributed by atoms with E-state index in [1.54, 1.807) is 30.7 Å². The highest BCUT2D eigenvalue weighted by atomic mass is 16.8. The number of hydrogen-bond acceptors (Lipinski definition) is 12. The van der Waals surface area contributed by atoms with Crippen LogP contribution in [-0.2, 0) is 60.0 Å². The summed E-state index contributed by atoms with van der Waals surface area (Å²) in [6.07, 6.45) is 5.82. The molecule has 72 heavy (non-hydrogen) atoms. The number of nitrogens with one attached hydrogen (secondary N) is 1. The molecule has 0 radical (unpaired) electrons. The highest BCUT2D eigenvalue weighted by Crippen LogP contribution is 2.62. The molecule has 8 aliphatic rings. The summed E-state index contributed by atoms with van der Waals surface area (Å²) >= 11 is 0. The zero-order chi connectivity index (χ0) is 50.4. The van der Waals surface area contributed by atoms with Gasteiger partial charge in [0.2, 0.25) is 17.6 Å². The number of nitrogens with zero attached hydrogens (tertiary/aromatic N) is 2. The quantitative estimate of drug-likeness (QED) is 0.136. The van der Waals surface area contributed by atoms with E-state index in [1.165, 1.54) is 18.4 Å². The molecule has 3 aromatic rings. The summed E-state index contributed by atoms with van der Waals surface area (Å²) in [6, 6.07) is 24.9. The summed E-state index contributed by atoms with van der Waals surface area (Å²) in [6.45, 7) is 12.5. The van der Waals surface area contributed by atoms with Gasteiger partial charge in [0.15, 0.2) is 6.04 Å². The second kappa shape index (κ2) is 18.5. The van der Waals surface area contributed by atoms with Gasteiger partial charge in [0.1, 0.15) is 41.5 Å². The van der Waals surface area contributed by atoms with Crippen molar-refractivity contribution in [2.24, 2.45) is 22.7 Å². The van der Waals surface area contributed by atoms with E-state index in [9.17, 15) is 19.5 Å². The van der Waals surface area contributed by atoms with E-state index >= 15 is 4.79 Å². The number of allylic oxidation sites excluding steroid dienone is 1. The van der Waals surface area contributed by atoms with Crippen molar-refractivity contribution in [3.05, 3.63) is 113 Å². The fraction of sp³-hybridized carbons (Fsp3) is 0.586. The molecule has 2 bridgehead atoms. The highest BCUT2D eigenvalue weighted by Gasteiger charge is 2.77. The molecule has 8 fully saturated rings. The standard InChI is InChI=1S/C58H71N3O11/c1-54(2,3)69-46(63)26-24-40(34-62)59-51(64)43-18-13-29-60(43)53(66)57-32-44-47-48(71-58(70-47,38-14-9-7-10-15-38)39-16-11-8-12-17-39)50(57)72-61(49(57)52(65)67-44)33-36-21-19-35(20-22-36)30-37-23-25-45-56(6,68-45)28-27-42-41(37)31-55(42,4)5/h7-12,14-17,19-22,30,40-45,47-50,62H,13,18,23-29,31-34H2,1-6H3,(H,59,64)/t40-,41+,42+,43+,44+,45?,47-,48-,49-,50+,56+,57-/m0/s1. The number of rotatable bonds is 12. The molecule has 5 heterocycles. The van der Waals surface area contributed by atoms with Crippen molar-refractivity contribution in [1.29, 1.82) is 0 Å². The Kier molecular flexibility index (Phi) is 12.6. The lowest BCUT2D eigenvalue weighted by atomic mass is 9.52. The van der Waals surface area contributed by atoms with Gasteiger partial charge in [-0.15, -0.1) is 0 Å². The number of fused-ring (bicyclic) bond motifs is 6. The van der Waals surface area contributed by atoms with Crippen LogP contribution in [0, 0.1) is 22.7 Å². The maximum absolute atomic E-state index is 15.9. The van der Waals surface area contributed by atoms with Gasteiger partial charge in [-0.2, -0.15) is 5.06 Å². The summed E-state index contributed by atoms with van der Waals surface area (Å²) in [5.74, 6) is -2.10. The van der Waals surface area contributed by atoms with Crippen LogP contribution in [0.25, 0.3) is 6.08 Å². The second-order valence-electron chi connectivity index (χ2n) is 23.8. The van der Waals surface area contributed by atoms with Crippen LogP contribution in [0.4, 0.5) is 0 Å². The predicted octanol–water partition coefficient (Wildman–Crippen LogP) is 7.54. The SMILES string of the molecule is CC(C)(C)OC(=O)CC[C@@H](CO)NC(=O)[C@H]1CCCN1C(=O)[C@@]12C[C@H]3OC(=O)[C@@H]1N(Cc1ccc(C=C4CCC5O[C@]5(C)CC[C@@H]5[C@@H]4CC5(C)C)cc1)O[C@@H]2[C@H]1OC(c2ccccc2)(c2ccccc2)O[C@H]13. The molecular formula is C58H71N3O11. The number of carbonyl (C=O) groups is 4. The predicted molar refractivity (Wildman–Crippen MR) is 265 cm³/mol. The molecule has 3 aliphatic carbocycles. The van der Waals surface area contributed by atoms with Crippen LogP contribution in [0.5, 0.6) is 0 Å². The maximum Gasteiger partial charge on any atom is 0.327 e. The van der Waals surface area contributed by atoms with Gasteiger partial charge in [0, 0.05) is 30.5 Å². The molecule has 14 nitrogen and oxygen atoms in total. The molecule has 3 saturated carbocycles. The van der Waals surface area contributed by atoms with Gasteiger partial charge in [0.25, 0.3) is 0 Å². The van der Waals surface area contributed by atoms with Crippen molar-refractivity contribution in [2.45, 2.75) is 178 Å². The first kappa shape index (κ1) is 49.3. The molecule has 5 aliphatic heterocycles. The number of likely N-dealkylation sites (tertiary alicyclic amines) is 1. The molecule has 5 saturated heterocycles. The van der Waals surface area contributed by atoms with Gasteiger partial charge in [-0.1, -0.05) is 110 Å². The van der Waals surface area contributed by atoms with E-state index in [0.717, 1.165) is 41.5 Å². The second-order valence-corrected chi connectivity index (χ2v) is 23.8. The lowest BCUT2D eigenvalue weighted by Crippen LogP contribution is -2.70. The van der Waals surface area contributed by atoms with E-state index < -0.39 is 83.8 Å². The summed E-state index contributed by atoms with van der Waals surface area (Å²) in [5, 5.41) is 14.9. The Hall–Kier alpha value is -4.96. The number of aliphatic hydroxyl groups is 1. The van der Waals surface area contributed by atoms with Crippen LogP contribution in [0.2, 0.25) is 0 Å². The summed E-state index contributed by atoms with van der Waals surface area (Å²) in [5.41, 5.74) is 3.09. The van der Waals surface area contributed by atoms with E-state index in [0.29, 0.717) is 36.2 Å². The summed E-state index contributed by atoms with van der Waals surface area (Å²) in [4.78, 5) is 66.2. The van der Waals surface area contributed by atoms with Crippen molar-refractivity contribution >= 4 is 29.8 Å². The molecular weight excluding hydrogens is 915 g/mol. The van der Waals surface area contributed by atoms with Crippen LogP contribution in [0.3, 0.4) is 0 Å².